The SMILES string of the molecule is CC(C)C1(C)CCC2C3CCC(=O)C=C(CCC2C1C)C3. The molecule has 5 atom stereocenters. The molecule has 5 unspecified atom stereocenters. The first-order valence-corrected chi connectivity index (χ1v) is 9.14. The quantitative estimate of drug-likeness (QED) is 0.631. The molecular formula is C20H32O. The maximum Gasteiger partial charge on any atom is 0.155 e. The average molecular weight is 288 g/mol. The molecule has 0 saturated heterocycles. The van der Waals surface area contributed by atoms with Crippen molar-refractivity contribution in [2.45, 2.75) is 72.6 Å². The van der Waals surface area contributed by atoms with E-state index in [2.05, 4.69) is 27.7 Å². The van der Waals surface area contributed by atoms with E-state index in [-0.39, 0.29) is 0 Å². The van der Waals surface area contributed by atoms with Crippen molar-refractivity contribution < 1.29 is 4.79 Å². The molecule has 0 radical (unpaired) electrons. The van der Waals surface area contributed by atoms with Crippen LogP contribution in [0.4, 0.5) is 0 Å². The minimum atomic E-state index is 0.391. The van der Waals surface area contributed by atoms with Gasteiger partial charge < -0.3 is 0 Å². The number of allylic oxidation sites excluding steroid dienone is 2. The van der Waals surface area contributed by atoms with Gasteiger partial charge in [-0.05, 0) is 79.6 Å². The second-order valence-electron chi connectivity index (χ2n) is 8.63. The molecule has 1 heteroatoms. The van der Waals surface area contributed by atoms with E-state index in [9.17, 15) is 4.79 Å². The smallest absolute Gasteiger partial charge is 0.155 e. The molecular weight excluding hydrogens is 256 g/mol. The summed E-state index contributed by atoms with van der Waals surface area (Å²) in [6.07, 6.45) is 10.5. The van der Waals surface area contributed by atoms with Gasteiger partial charge in [0.05, 0.1) is 0 Å². The van der Waals surface area contributed by atoms with E-state index in [1.807, 2.05) is 6.08 Å². The third-order valence-corrected chi connectivity index (χ3v) is 7.62. The molecule has 2 bridgehead atoms. The topological polar surface area (TPSA) is 17.1 Å². The molecule has 0 spiro atoms. The molecule has 2 fully saturated rings. The Bertz CT molecular complexity index is 447. The number of carbonyl (C=O) groups excluding carboxylic acids is 1. The van der Waals surface area contributed by atoms with Gasteiger partial charge in [0.2, 0.25) is 0 Å². The van der Waals surface area contributed by atoms with Crippen LogP contribution < -0.4 is 0 Å². The van der Waals surface area contributed by atoms with Crippen molar-refractivity contribution in [3.63, 3.8) is 0 Å². The molecule has 0 aromatic rings. The molecule has 3 aliphatic carbocycles. The lowest BCUT2D eigenvalue weighted by atomic mass is 9.53. The first kappa shape index (κ1) is 15.3. The molecule has 118 valence electrons. The van der Waals surface area contributed by atoms with Gasteiger partial charge >= 0.3 is 0 Å². The fourth-order valence-electron chi connectivity index (χ4n) is 5.66. The highest BCUT2D eigenvalue weighted by molar-refractivity contribution is 5.90. The van der Waals surface area contributed by atoms with Crippen molar-refractivity contribution in [2.75, 3.05) is 0 Å². The Morgan fingerprint density at radius 2 is 1.90 bits per heavy atom. The average Bonchev–Trinajstić information content (AvgIpc) is 2.72. The highest BCUT2D eigenvalue weighted by Crippen LogP contribution is 2.56. The van der Waals surface area contributed by atoms with Crippen molar-refractivity contribution in [1.82, 2.24) is 0 Å². The van der Waals surface area contributed by atoms with Crippen molar-refractivity contribution in [2.24, 2.45) is 35.0 Å². The van der Waals surface area contributed by atoms with Gasteiger partial charge in [0, 0.05) is 6.42 Å². The van der Waals surface area contributed by atoms with Crippen molar-refractivity contribution in [3.05, 3.63) is 11.6 Å². The second kappa shape index (κ2) is 5.56. The Morgan fingerprint density at radius 3 is 2.62 bits per heavy atom. The van der Waals surface area contributed by atoms with Gasteiger partial charge in [-0.1, -0.05) is 33.3 Å². The summed E-state index contributed by atoms with van der Waals surface area (Å²) in [6.45, 7) is 9.89. The van der Waals surface area contributed by atoms with Crippen LogP contribution in [0.2, 0.25) is 0 Å². The largest absolute Gasteiger partial charge is 0.295 e. The summed E-state index contributed by atoms with van der Waals surface area (Å²) < 4.78 is 0. The van der Waals surface area contributed by atoms with Crippen LogP contribution in [0.3, 0.4) is 0 Å². The third kappa shape index (κ3) is 2.62. The first-order valence-electron chi connectivity index (χ1n) is 9.14. The van der Waals surface area contributed by atoms with Gasteiger partial charge in [-0.15, -0.1) is 0 Å². The molecule has 0 amide bonds. The van der Waals surface area contributed by atoms with Crippen molar-refractivity contribution >= 4 is 5.78 Å². The molecule has 0 heterocycles. The Balaban J connectivity index is 1.87. The molecule has 0 aromatic heterocycles. The Kier molecular flexibility index (Phi) is 4.05. The zero-order valence-corrected chi connectivity index (χ0v) is 14.3. The summed E-state index contributed by atoms with van der Waals surface area (Å²) in [6, 6.07) is 0. The van der Waals surface area contributed by atoms with Crippen LogP contribution >= 0.6 is 0 Å². The second-order valence-corrected chi connectivity index (χ2v) is 8.63. The summed E-state index contributed by atoms with van der Waals surface area (Å²) in [5, 5.41) is 0. The van der Waals surface area contributed by atoms with E-state index >= 15 is 0 Å². The van der Waals surface area contributed by atoms with E-state index in [0.717, 1.165) is 42.4 Å². The molecule has 0 N–H and O–H groups in total. The lowest BCUT2D eigenvalue weighted by Crippen LogP contribution is -2.44. The third-order valence-electron chi connectivity index (χ3n) is 7.62. The summed E-state index contributed by atoms with van der Waals surface area (Å²) in [7, 11) is 0. The fraction of sp³-hybridized carbons (Fsp3) is 0.850. The number of rotatable bonds is 1. The number of ketones is 1. The van der Waals surface area contributed by atoms with E-state index in [1.165, 1.54) is 37.7 Å². The summed E-state index contributed by atoms with van der Waals surface area (Å²) in [5.74, 6) is 4.54. The van der Waals surface area contributed by atoms with Crippen LogP contribution in [-0.4, -0.2) is 5.78 Å². The first-order chi connectivity index (χ1) is 9.91. The zero-order chi connectivity index (χ0) is 15.2. The van der Waals surface area contributed by atoms with Gasteiger partial charge in [0.25, 0.3) is 0 Å². The van der Waals surface area contributed by atoms with Crippen LogP contribution in [0.15, 0.2) is 11.6 Å². The monoisotopic (exact) mass is 288 g/mol. The van der Waals surface area contributed by atoms with Crippen molar-refractivity contribution in [3.8, 4) is 0 Å². The minimum Gasteiger partial charge on any atom is -0.295 e. The summed E-state index contributed by atoms with van der Waals surface area (Å²) >= 11 is 0. The minimum absolute atomic E-state index is 0.391. The molecule has 2 saturated carbocycles. The molecule has 0 aliphatic heterocycles. The predicted octanol–water partition coefficient (Wildman–Crippen LogP) is 5.40. The number of hydrogen-bond acceptors (Lipinski definition) is 1. The molecule has 21 heavy (non-hydrogen) atoms. The molecule has 3 rings (SSSR count). The zero-order valence-electron chi connectivity index (χ0n) is 14.3. The normalized spacial score (nSPS) is 43.9. The molecule has 1 nitrogen and oxygen atoms in total. The van der Waals surface area contributed by atoms with Crippen LogP contribution in [0.5, 0.6) is 0 Å². The molecule has 0 aromatic carbocycles. The lowest BCUT2D eigenvalue weighted by molar-refractivity contribution is -0.115. The van der Waals surface area contributed by atoms with Gasteiger partial charge in [-0.2, -0.15) is 0 Å². The van der Waals surface area contributed by atoms with Crippen LogP contribution in [0.1, 0.15) is 72.6 Å². The van der Waals surface area contributed by atoms with E-state index in [0.29, 0.717) is 11.2 Å². The number of hydrogen-bond donors (Lipinski definition) is 0. The Labute approximate surface area is 130 Å². The fourth-order valence-corrected chi connectivity index (χ4v) is 5.66. The van der Waals surface area contributed by atoms with Crippen LogP contribution in [0.25, 0.3) is 0 Å². The molecule has 3 aliphatic rings. The van der Waals surface area contributed by atoms with Crippen LogP contribution in [-0.2, 0) is 4.79 Å². The van der Waals surface area contributed by atoms with Crippen molar-refractivity contribution in [1.29, 1.82) is 0 Å². The van der Waals surface area contributed by atoms with Gasteiger partial charge in [0.15, 0.2) is 5.78 Å². The van der Waals surface area contributed by atoms with E-state index < -0.39 is 0 Å². The number of fused-ring (bicyclic) bond motifs is 4. The van der Waals surface area contributed by atoms with Gasteiger partial charge in [-0.25, -0.2) is 0 Å². The summed E-state index contributed by atoms with van der Waals surface area (Å²) in [5.41, 5.74) is 1.98. The van der Waals surface area contributed by atoms with E-state index in [1.54, 1.807) is 0 Å². The van der Waals surface area contributed by atoms with Crippen LogP contribution in [0, 0.1) is 35.0 Å². The lowest BCUT2D eigenvalue weighted by Gasteiger charge is -2.52. The predicted molar refractivity (Wildman–Crippen MR) is 88.0 cm³/mol. The Morgan fingerprint density at radius 1 is 1.14 bits per heavy atom. The van der Waals surface area contributed by atoms with Gasteiger partial charge in [0.1, 0.15) is 0 Å². The standard InChI is InChI=1S/C20H32O/c1-13(2)20(4)10-9-19-16-6-7-17(21)12-15(11-16)5-8-18(19)14(20)3/h12-14,16,18-19H,5-11H2,1-4H3. The summed E-state index contributed by atoms with van der Waals surface area (Å²) in [4.78, 5) is 11.9. The van der Waals surface area contributed by atoms with Gasteiger partial charge in [-0.3, -0.25) is 4.79 Å². The highest BCUT2D eigenvalue weighted by Gasteiger charge is 2.48. The Hall–Kier alpha value is -0.590. The highest BCUT2D eigenvalue weighted by atomic mass is 16.1. The maximum atomic E-state index is 11.9. The number of carbonyl (C=O) groups is 1. The van der Waals surface area contributed by atoms with E-state index in [4.69, 9.17) is 0 Å². The maximum absolute atomic E-state index is 11.9.